The van der Waals surface area contributed by atoms with Crippen LogP contribution in [0.4, 0.5) is 0 Å². The van der Waals surface area contributed by atoms with Gasteiger partial charge in [0.25, 0.3) is 5.56 Å². The second-order valence-electron chi connectivity index (χ2n) is 4.82. The number of pyridine rings is 1. The first kappa shape index (κ1) is 13.7. The number of nitrogens with one attached hydrogen (secondary N) is 1. The maximum Gasteiger partial charge on any atom is 0.251 e. The average molecular weight is 259 g/mol. The maximum absolute atomic E-state index is 12.2. The fraction of sp³-hybridized carbons (Fsp3) is 0.438. The summed E-state index contributed by atoms with van der Waals surface area (Å²) in [6.45, 7) is 4.24. The number of methoxy groups -OCH3 is 1. The molecule has 1 aromatic heterocycles. The molecular formula is C16H21NO2. The van der Waals surface area contributed by atoms with Crippen molar-refractivity contribution in [2.75, 3.05) is 7.11 Å². The summed E-state index contributed by atoms with van der Waals surface area (Å²) in [5, 5.41) is 1.12. The molecule has 1 heterocycles. The molecule has 0 unspecified atom stereocenters. The Kier molecular flexibility index (Phi) is 4.25. The lowest BCUT2D eigenvalue weighted by molar-refractivity contribution is 0.415. The Hall–Kier alpha value is -1.77. The standard InChI is InChI=1S/C16H21NO2/c1-4-6-12-13(7-5-2)16(18)17-15-9-8-11(19-3)10-14(12)15/h8-10H,4-7H2,1-3H3,(H,17,18). The van der Waals surface area contributed by atoms with Crippen LogP contribution in [0.2, 0.25) is 0 Å². The predicted octanol–water partition coefficient (Wildman–Crippen LogP) is 3.44. The fourth-order valence-corrected chi connectivity index (χ4v) is 2.56. The third kappa shape index (κ3) is 2.65. The zero-order chi connectivity index (χ0) is 13.8. The zero-order valence-corrected chi connectivity index (χ0v) is 11.9. The van der Waals surface area contributed by atoms with Gasteiger partial charge in [0.2, 0.25) is 0 Å². The lowest BCUT2D eigenvalue weighted by Crippen LogP contribution is -2.16. The van der Waals surface area contributed by atoms with Crippen molar-refractivity contribution in [3.8, 4) is 5.75 Å². The van der Waals surface area contributed by atoms with Crippen molar-refractivity contribution < 1.29 is 4.74 Å². The van der Waals surface area contributed by atoms with Crippen LogP contribution in [-0.2, 0) is 12.8 Å². The summed E-state index contributed by atoms with van der Waals surface area (Å²) in [6.07, 6.45) is 3.78. The van der Waals surface area contributed by atoms with Crippen LogP contribution >= 0.6 is 0 Å². The average Bonchev–Trinajstić information content (AvgIpc) is 2.42. The van der Waals surface area contributed by atoms with Gasteiger partial charge in [-0.25, -0.2) is 0 Å². The highest BCUT2D eigenvalue weighted by molar-refractivity contribution is 5.84. The quantitative estimate of drug-likeness (QED) is 0.893. The second-order valence-corrected chi connectivity index (χ2v) is 4.82. The second kappa shape index (κ2) is 5.91. The molecule has 0 radical (unpaired) electrons. The molecule has 0 fully saturated rings. The van der Waals surface area contributed by atoms with Crippen LogP contribution in [0.5, 0.6) is 5.75 Å². The summed E-state index contributed by atoms with van der Waals surface area (Å²) in [5.74, 6) is 0.833. The highest BCUT2D eigenvalue weighted by Gasteiger charge is 2.12. The van der Waals surface area contributed by atoms with Crippen LogP contribution in [0.1, 0.15) is 37.8 Å². The zero-order valence-electron chi connectivity index (χ0n) is 11.9. The largest absolute Gasteiger partial charge is 0.497 e. The third-order valence-corrected chi connectivity index (χ3v) is 3.44. The first-order valence-electron chi connectivity index (χ1n) is 6.93. The number of ether oxygens (including phenoxy) is 1. The maximum atomic E-state index is 12.2. The van der Waals surface area contributed by atoms with Crippen molar-refractivity contribution >= 4 is 10.9 Å². The minimum Gasteiger partial charge on any atom is -0.497 e. The van der Waals surface area contributed by atoms with Crippen LogP contribution in [0, 0.1) is 0 Å². The number of benzene rings is 1. The summed E-state index contributed by atoms with van der Waals surface area (Å²) in [7, 11) is 1.67. The van der Waals surface area contributed by atoms with Crippen molar-refractivity contribution in [1.29, 1.82) is 0 Å². The highest BCUT2D eigenvalue weighted by atomic mass is 16.5. The van der Waals surface area contributed by atoms with Crippen LogP contribution in [0.3, 0.4) is 0 Å². The van der Waals surface area contributed by atoms with Gasteiger partial charge in [-0.2, -0.15) is 0 Å². The molecular weight excluding hydrogens is 238 g/mol. The van der Waals surface area contributed by atoms with Crippen molar-refractivity contribution in [1.82, 2.24) is 4.98 Å². The highest BCUT2D eigenvalue weighted by Crippen LogP contribution is 2.25. The van der Waals surface area contributed by atoms with Crippen molar-refractivity contribution in [2.24, 2.45) is 0 Å². The number of hydrogen-bond donors (Lipinski definition) is 1. The van der Waals surface area contributed by atoms with E-state index < -0.39 is 0 Å². The SMILES string of the molecule is CCCc1c(CCC)c2cc(OC)ccc2[nH]c1=O. The van der Waals surface area contributed by atoms with E-state index in [0.717, 1.165) is 47.9 Å². The molecule has 0 amide bonds. The lowest BCUT2D eigenvalue weighted by Gasteiger charge is -2.12. The Bertz CT molecular complexity index is 628. The minimum absolute atomic E-state index is 0.0583. The molecule has 1 N–H and O–H groups in total. The van der Waals surface area contributed by atoms with E-state index in [2.05, 4.69) is 18.8 Å². The van der Waals surface area contributed by atoms with E-state index in [9.17, 15) is 4.79 Å². The number of aromatic amines is 1. The molecule has 19 heavy (non-hydrogen) atoms. The Morgan fingerprint density at radius 3 is 2.42 bits per heavy atom. The van der Waals surface area contributed by atoms with E-state index in [1.807, 2.05) is 18.2 Å². The monoisotopic (exact) mass is 259 g/mol. The summed E-state index contributed by atoms with van der Waals surface area (Å²) in [5.41, 5.74) is 3.07. The van der Waals surface area contributed by atoms with Gasteiger partial charge in [-0.1, -0.05) is 26.7 Å². The number of H-pyrrole nitrogens is 1. The molecule has 3 heteroatoms. The van der Waals surface area contributed by atoms with E-state index in [0.29, 0.717) is 0 Å². The van der Waals surface area contributed by atoms with Gasteiger partial charge in [0, 0.05) is 16.5 Å². The van der Waals surface area contributed by atoms with E-state index in [1.165, 1.54) is 5.56 Å². The first-order chi connectivity index (χ1) is 9.21. The molecule has 0 aliphatic rings. The molecule has 0 saturated carbocycles. The lowest BCUT2D eigenvalue weighted by atomic mass is 9.96. The molecule has 2 aromatic rings. The van der Waals surface area contributed by atoms with Gasteiger partial charge in [-0.15, -0.1) is 0 Å². The molecule has 1 aromatic carbocycles. The van der Waals surface area contributed by atoms with Crippen LogP contribution in [0.25, 0.3) is 10.9 Å². The molecule has 0 atom stereocenters. The molecule has 3 nitrogen and oxygen atoms in total. The summed E-state index contributed by atoms with van der Waals surface area (Å²) in [6, 6.07) is 5.83. The molecule has 102 valence electrons. The van der Waals surface area contributed by atoms with Crippen molar-refractivity contribution in [2.45, 2.75) is 39.5 Å². The Morgan fingerprint density at radius 1 is 1.11 bits per heavy atom. The van der Waals surface area contributed by atoms with Gasteiger partial charge in [0.15, 0.2) is 0 Å². The van der Waals surface area contributed by atoms with E-state index in [1.54, 1.807) is 7.11 Å². The van der Waals surface area contributed by atoms with Crippen LogP contribution in [-0.4, -0.2) is 12.1 Å². The number of rotatable bonds is 5. The Balaban J connectivity index is 2.75. The fourth-order valence-electron chi connectivity index (χ4n) is 2.56. The summed E-state index contributed by atoms with van der Waals surface area (Å²) >= 11 is 0. The third-order valence-electron chi connectivity index (χ3n) is 3.44. The molecule has 0 aliphatic carbocycles. The van der Waals surface area contributed by atoms with Crippen LogP contribution in [0.15, 0.2) is 23.0 Å². The normalized spacial score (nSPS) is 10.9. The van der Waals surface area contributed by atoms with Crippen molar-refractivity contribution in [3.63, 3.8) is 0 Å². The Labute approximate surface area is 113 Å². The first-order valence-corrected chi connectivity index (χ1v) is 6.93. The van der Waals surface area contributed by atoms with Gasteiger partial charge >= 0.3 is 0 Å². The Morgan fingerprint density at radius 2 is 1.79 bits per heavy atom. The van der Waals surface area contributed by atoms with Gasteiger partial charge < -0.3 is 9.72 Å². The number of fused-ring (bicyclic) bond motifs is 1. The topological polar surface area (TPSA) is 42.1 Å². The van der Waals surface area contributed by atoms with Gasteiger partial charge in [-0.3, -0.25) is 4.79 Å². The number of aromatic nitrogens is 1. The number of hydrogen-bond acceptors (Lipinski definition) is 2. The molecule has 0 saturated heterocycles. The number of aryl methyl sites for hydroxylation is 1. The van der Waals surface area contributed by atoms with Gasteiger partial charge in [0.1, 0.15) is 5.75 Å². The smallest absolute Gasteiger partial charge is 0.251 e. The van der Waals surface area contributed by atoms with E-state index in [4.69, 9.17) is 4.74 Å². The van der Waals surface area contributed by atoms with Gasteiger partial charge in [-0.05, 0) is 36.6 Å². The molecule has 0 bridgehead atoms. The van der Waals surface area contributed by atoms with Gasteiger partial charge in [0.05, 0.1) is 7.11 Å². The summed E-state index contributed by atoms with van der Waals surface area (Å²) in [4.78, 5) is 15.2. The predicted molar refractivity (Wildman–Crippen MR) is 79.1 cm³/mol. The molecule has 0 aliphatic heterocycles. The van der Waals surface area contributed by atoms with Crippen LogP contribution < -0.4 is 10.3 Å². The van der Waals surface area contributed by atoms with E-state index >= 15 is 0 Å². The molecule has 0 spiro atoms. The van der Waals surface area contributed by atoms with E-state index in [-0.39, 0.29) is 5.56 Å². The van der Waals surface area contributed by atoms with Crippen molar-refractivity contribution in [3.05, 3.63) is 39.7 Å². The summed E-state index contributed by atoms with van der Waals surface area (Å²) < 4.78 is 5.29. The minimum atomic E-state index is 0.0583. The molecule has 2 rings (SSSR count).